The van der Waals surface area contributed by atoms with Crippen molar-refractivity contribution in [3.63, 3.8) is 0 Å². The van der Waals surface area contributed by atoms with Gasteiger partial charge >= 0.3 is 0 Å². The topological polar surface area (TPSA) is 54.2 Å². The summed E-state index contributed by atoms with van der Waals surface area (Å²) in [6.45, 7) is 4.95. The van der Waals surface area contributed by atoms with Crippen LogP contribution >= 0.6 is 0 Å². The first kappa shape index (κ1) is 14.2. The molecule has 5 nitrogen and oxygen atoms in total. The van der Waals surface area contributed by atoms with Gasteiger partial charge in [-0.25, -0.2) is 0 Å². The van der Waals surface area contributed by atoms with Gasteiger partial charge in [-0.1, -0.05) is 17.7 Å². The van der Waals surface area contributed by atoms with Crippen LogP contribution in [0.25, 0.3) is 11.5 Å². The molecule has 21 heavy (non-hydrogen) atoms. The largest absolute Gasteiger partial charge is 0.419 e. The number of rotatable bonds is 4. The molecule has 1 aliphatic rings. The van der Waals surface area contributed by atoms with E-state index in [0.717, 1.165) is 18.7 Å². The Hall–Kier alpha value is -1.72. The number of benzene rings is 1. The molecule has 0 saturated carbocycles. The van der Waals surface area contributed by atoms with Crippen molar-refractivity contribution in [2.45, 2.75) is 32.4 Å². The molecule has 112 valence electrons. The fourth-order valence-electron chi connectivity index (χ4n) is 2.80. The predicted octanol–water partition coefficient (Wildman–Crippen LogP) is 2.23. The lowest BCUT2D eigenvalue weighted by atomic mass is 10.1. The van der Waals surface area contributed by atoms with Gasteiger partial charge in [-0.3, -0.25) is 4.90 Å². The van der Waals surface area contributed by atoms with Gasteiger partial charge in [0.1, 0.15) is 0 Å². The highest BCUT2D eigenvalue weighted by atomic mass is 16.4. The Morgan fingerprint density at radius 1 is 1.29 bits per heavy atom. The highest BCUT2D eigenvalue weighted by Gasteiger charge is 2.19. The van der Waals surface area contributed by atoms with Crippen molar-refractivity contribution in [1.82, 2.24) is 20.4 Å². The lowest BCUT2D eigenvalue weighted by molar-refractivity contribution is 0.177. The van der Waals surface area contributed by atoms with E-state index in [9.17, 15) is 0 Å². The Balaban J connectivity index is 1.67. The van der Waals surface area contributed by atoms with Crippen LogP contribution in [-0.4, -0.2) is 41.3 Å². The molecule has 2 aromatic rings. The molecule has 0 atom stereocenters. The standard InChI is InChI=1S/C16H22N4O/c1-12-4-3-5-13(10-12)16-19-18-15(21-16)11-20(2)14-6-8-17-9-7-14/h3-5,10,14,17H,6-9,11H2,1-2H3. The molecule has 0 amide bonds. The zero-order valence-corrected chi connectivity index (χ0v) is 12.7. The van der Waals surface area contributed by atoms with E-state index in [1.165, 1.54) is 18.4 Å². The quantitative estimate of drug-likeness (QED) is 0.934. The monoisotopic (exact) mass is 286 g/mol. The number of piperidine rings is 1. The van der Waals surface area contributed by atoms with Gasteiger partial charge in [0, 0.05) is 11.6 Å². The van der Waals surface area contributed by atoms with E-state index in [2.05, 4.69) is 46.5 Å². The van der Waals surface area contributed by atoms with E-state index in [0.29, 0.717) is 24.4 Å². The minimum atomic E-state index is 0.598. The predicted molar refractivity (Wildman–Crippen MR) is 81.8 cm³/mol. The van der Waals surface area contributed by atoms with Gasteiger partial charge in [0.05, 0.1) is 6.54 Å². The van der Waals surface area contributed by atoms with Crippen LogP contribution < -0.4 is 5.32 Å². The van der Waals surface area contributed by atoms with Crippen LogP contribution in [-0.2, 0) is 6.54 Å². The average Bonchev–Trinajstić information content (AvgIpc) is 2.97. The summed E-state index contributed by atoms with van der Waals surface area (Å²) in [4.78, 5) is 2.31. The van der Waals surface area contributed by atoms with Crippen LogP contribution in [0, 0.1) is 6.92 Å². The van der Waals surface area contributed by atoms with Gasteiger partial charge in [-0.05, 0) is 52.0 Å². The summed E-state index contributed by atoms with van der Waals surface area (Å²) in [7, 11) is 2.13. The molecule has 1 aromatic heterocycles. The van der Waals surface area contributed by atoms with E-state index < -0.39 is 0 Å². The number of hydrogen-bond donors (Lipinski definition) is 1. The summed E-state index contributed by atoms with van der Waals surface area (Å²) in [5, 5.41) is 11.7. The van der Waals surface area contributed by atoms with Gasteiger partial charge < -0.3 is 9.73 Å². The Morgan fingerprint density at radius 2 is 2.10 bits per heavy atom. The van der Waals surface area contributed by atoms with Gasteiger partial charge in [0.25, 0.3) is 0 Å². The van der Waals surface area contributed by atoms with E-state index in [-0.39, 0.29) is 0 Å². The summed E-state index contributed by atoms with van der Waals surface area (Å²) in [6.07, 6.45) is 2.35. The third-order valence-corrected chi connectivity index (χ3v) is 4.05. The van der Waals surface area contributed by atoms with Crippen molar-refractivity contribution >= 4 is 0 Å². The number of nitrogens with zero attached hydrogens (tertiary/aromatic N) is 3. The highest BCUT2D eigenvalue weighted by Crippen LogP contribution is 2.20. The summed E-state index contributed by atoms with van der Waals surface area (Å²) >= 11 is 0. The molecule has 5 heteroatoms. The Labute approximate surface area is 125 Å². The molecule has 0 bridgehead atoms. The first-order valence-electron chi connectivity index (χ1n) is 7.53. The lowest BCUT2D eigenvalue weighted by Crippen LogP contribution is -2.40. The second-order valence-electron chi connectivity index (χ2n) is 5.77. The van der Waals surface area contributed by atoms with Gasteiger partial charge in [-0.2, -0.15) is 0 Å². The normalized spacial score (nSPS) is 16.5. The second-order valence-corrected chi connectivity index (χ2v) is 5.77. The molecular weight excluding hydrogens is 264 g/mol. The molecule has 1 aliphatic heterocycles. The van der Waals surface area contributed by atoms with Crippen molar-refractivity contribution in [2.24, 2.45) is 0 Å². The average molecular weight is 286 g/mol. The third-order valence-electron chi connectivity index (χ3n) is 4.05. The zero-order valence-electron chi connectivity index (χ0n) is 12.7. The number of aromatic nitrogens is 2. The Bertz CT molecular complexity index is 589. The molecule has 2 heterocycles. The second kappa shape index (κ2) is 6.37. The first-order chi connectivity index (χ1) is 10.2. The molecule has 1 saturated heterocycles. The van der Waals surface area contributed by atoms with E-state index >= 15 is 0 Å². The molecule has 1 aromatic carbocycles. The summed E-state index contributed by atoms with van der Waals surface area (Å²) < 4.78 is 5.81. The van der Waals surface area contributed by atoms with E-state index in [4.69, 9.17) is 4.42 Å². The number of aryl methyl sites for hydroxylation is 1. The number of hydrogen-bond acceptors (Lipinski definition) is 5. The smallest absolute Gasteiger partial charge is 0.247 e. The molecule has 0 aliphatic carbocycles. The van der Waals surface area contributed by atoms with Crippen molar-refractivity contribution in [3.8, 4) is 11.5 Å². The minimum Gasteiger partial charge on any atom is -0.419 e. The Morgan fingerprint density at radius 3 is 2.86 bits per heavy atom. The van der Waals surface area contributed by atoms with Crippen molar-refractivity contribution in [2.75, 3.05) is 20.1 Å². The molecular formula is C16H22N4O. The maximum Gasteiger partial charge on any atom is 0.247 e. The van der Waals surface area contributed by atoms with Crippen LogP contribution in [0.2, 0.25) is 0 Å². The Kier molecular flexibility index (Phi) is 4.31. The summed E-state index contributed by atoms with van der Waals surface area (Å²) in [5.41, 5.74) is 2.18. The van der Waals surface area contributed by atoms with Gasteiger partial charge in [0.15, 0.2) is 0 Å². The zero-order chi connectivity index (χ0) is 14.7. The summed E-state index contributed by atoms with van der Waals surface area (Å²) in [5.74, 6) is 1.29. The SMILES string of the molecule is Cc1cccc(-c2nnc(CN(C)C3CCNCC3)o2)c1. The molecule has 3 rings (SSSR count). The van der Waals surface area contributed by atoms with Gasteiger partial charge in [0.2, 0.25) is 11.8 Å². The molecule has 0 spiro atoms. The van der Waals surface area contributed by atoms with Crippen LogP contribution in [0.3, 0.4) is 0 Å². The molecule has 1 fully saturated rings. The molecule has 1 N–H and O–H groups in total. The first-order valence-corrected chi connectivity index (χ1v) is 7.53. The number of nitrogens with one attached hydrogen (secondary N) is 1. The van der Waals surface area contributed by atoms with Crippen molar-refractivity contribution in [3.05, 3.63) is 35.7 Å². The minimum absolute atomic E-state index is 0.598. The molecule has 0 unspecified atom stereocenters. The van der Waals surface area contributed by atoms with Crippen LogP contribution in [0.1, 0.15) is 24.3 Å². The van der Waals surface area contributed by atoms with Crippen LogP contribution in [0.5, 0.6) is 0 Å². The maximum absolute atomic E-state index is 5.81. The highest BCUT2D eigenvalue weighted by molar-refractivity contribution is 5.53. The maximum atomic E-state index is 5.81. The summed E-state index contributed by atoms with van der Waals surface area (Å²) in [6, 6.07) is 8.73. The fourth-order valence-corrected chi connectivity index (χ4v) is 2.80. The lowest BCUT2D eigenvalue weighted by Gasteiger charge is -2.30. The van der Waals surface area contributed by atoms with Gasteiger partial charge in [-0.15, -0.1) is 10.2 Å². The fraction of sp³-hybridized carbons (Fsp3) is 0.500. The van der Waals surface area contributed by atoms with Crippen molar-refractivity contribution < 1.29 is 4.42 Å². The van der Waals surface area contributed by atoms with E-state index in [1.54, 1.807) is 0 Å². The van der Waals surface area contributed by atoms with E-state index in [1.807, 2.05) is 12.1 Å². The third kappa shape index (κ3) is 3.49. The van der Waals surface area contributed by atoms with Crippen molar-refractivity contribution in [1.29, 1.82) is 0 Å². The molecule has 0 radical (unpaired) electrons. The van der Waals surface area contributed by atoms with Crippen LogP contribution in [0.4, 0.5) is 0 Å². The van der Waals surface area contributed by atoms with Crippen LogP contribution in [0.15, 0.2) is 28.7 Å².